The van der Waals surface area contributed by atoms with Crippen molar-refractivity contribution in [3.63, 3.8) is 0 Å². The first-order valence-electron chi connectivity index (χ1n) is 4.23. The van der Waals surface area contributed by atoms with Crippen LogP contribution in [0.3, 0.4) is 0 Å². The zero-order valence-electron chi connectivity index (χ0n) is 7.73. The number of nitrogens with zero attached hydrogens (tertiary/aromatic N) is 3. The zero-order valence-corrected chi connectivity index (χ0v) is 8.49. The smallest absolute Gasteiger partial charge is 0.358 e. The molecule has 0 aromatic carbocycles. The lowest BCUT2D eigenvalue weighted by molar-refractivity contribution is -0.389. The molecule has 0 saturated carbocycles. The van der Waals surface area contributed by atoms with E-state index in [1.54, 1.807) is 0 Å². The Morgan fingerprint density at radius 1 is 1.79 bits per heavy atom. The fourth-order valence-electron chi connectivity index (χ4n) is 0.996. The van der Waals surface area contributed by atoms with Crippen molar-refractivity contribution in [1.82, 2.24) is 15.1 Å². The highest BCUT2D eigenvalue weighted by Gasteiger charge is 2.18. The maximum Gasteiger partial charge on any atom is 0.408 e. The van der Waals surface area contributed by atoms with Crippen LogP contribution in [0.4, 0.5) is 5.82 Å². The summed E-state index contributed by atoms with van der Waals surface area (Å²) in [6.07, 6.45) is 1.46. The molecular formula is C7H11ClN4O2. The summed E-state index contributed by atoms with van der Waals surface area (Å²) in [5.74, 6) is -0.289. The van der Waals surface area contributed by atoms with E-state index in [0.717, 1.165) is 6.54 Å². The minimum atomic E-state index is -0.591. The summed E-state index contributed by atoms with van der Waals surface area (Å²) >= 11 is 5.61. The van der Waals surface area contributed by atoms with Crippen molar-refractivity contribution in [3.05, 3.63) is 21.3 Å². The monoisotopic (exact) mass is 218 g/mol. The molecule has 0 amide bonds. The minimum Gasteiger partial charge on any atom is -0.358 e. The second kappa shape index (κ2) is 4.92. The highest BCUT2D eigenvalue weighted by molar-refractivity contribution is 6.32. The fraction of sp³-hybridized carbons (Fsp3) is 0.571. The first kappa shape index (κ1) is 10.9. The second-order valence-corrected chi connectivity index (χ2v) is 3.08. The topological polar surface area (TPSA) is 73.0 Å². The van der Waals surface area contributed by atoms with E-state index in [2.05, 4.69) is 10.4 Å². The maximum absolute atomic E-state index is 10.4. The Hall–Kier alpha value is -1.14. The molecule has 0 aliphatic carbocycles. The van der Waals surface area contributed by atoms with Gasteiger partial charge >= 0.3 is 5.82 Å². The third-order valence-corrected chi connectivity index (χ3v) is 1.91. The van der Waals surface area contributed by atoms with Crippen LogP contribution in [0.2, 0.25) is 5.02 Å². The molecule has 78 valence electrons. The Labute approximate surface area is 86.0 Å². The van der Waals surface area contributed by atoms with Gasteiger partial charge in [0.1, 0.15) is 0 Å². The van der Waals surface area contributed by atoms with E-state index in [-0.39, 0.29) is 10.8 Å². The Balaban J connectivity index is 2.62. The molecule has 7 heteroatoms. The van der Waals surface area contributed by atoms with Crippen LogP contribution in [0.1, 0.15) is 6.92 Å². The molecule has 0 fully saturated rings. The van der Waals surface area contributed by atoms with Crippen LogP contribution in [0.15, 0.2) is 6.20 Å². The molecule has 1 aromatic rings. The molecule has 14 heavy (non-hydrogen) atoms. The highest BCUT2D eigenvalue weighted by atomic mass is 35.5. The molecule has 0 aliphatic rings. The van der Waals surface area contributed by atoms with E-state index in [4.69, 9.17) is 11.6 Å². The molecule has 0 unspecified atom stereocenters. The summed E-state index contributed by atoms with van der Waals surface area (Å²) < 4.78 is 1.46. The van der Waals surface area contributed by atoms with Crippen LogP contribution in [0.5, 0.6) is 0 Å². The van der Waals surface area contributed by atoms with Gasteiger partial charge in [-0.15, -0.1) is 0 Å². The van der Waals surface area contributed by atoms with Crippen molar-refractivity contribution in [1.29, 1.82) is 0 Å². The summed E-state index contributed by atoms with van der Waals surface area (Å²) in [7, 11) is 0. The summed E-state index contributed by atoms with van der Waals surface area (Å²) in [5, 5.41) is 17.3. The van der Waals surface area contributed by atoms with Gasteiger partial charge in [0.2, 0.25) is 0 Å². The van der Waals surface area contributed by atoms with Crippen molar-refractivity contribution in [3.8, 4) is 0 Å². The van der Waals surface area contributed by atoms with Gasteiger partial charge in [-0.05, 0) is 11.5 Å². The maximum atomic E-state index is 10.4. The Kier molecular flexibility index (Phi) is 3.84. The summed E-state index contributed by atoms with van der Waals surface area (Å²) in [6, 6.07) is 0. The van der Waals surface area contributed by atoms with Crippen LogP contribution < -0.4 is 5.32 Å². The number of hydrogen-bond donors (Lipinski definition) is 1. The normalized spacial score (nSPS) is 10.4. The lowest BCUT2D eigenvalue weighted by Gasteiger charge is -1.97. The van der Waals surface area contributed by atoms with Gasteiger partial charge in [-0.3, -0.25) is 0 Å². The average molecular weight is 219 g/mol. The molecule has 0 radical (unpaired) electrons. The number of likely N-dealkylation sites (N-methyl/N-ethyl adjacent to an activating group) is 1. The largest absolute Gasteiger partial charge is 0.408 e. The van der Waals surface area contributed by atoms with Crippen LogP contribution in [0, 0.1) is 10.1 Å². The number of hydrogen-bond acceptors (Lipinski definition) is 4. The Bertz CT molecular complexity index is 325. The van der Waals surface area contributed by atoms with Crippen LogP contribution in [0.25, 0.3) is 0 Å². The molecule has 6 nitrogen and oxygen atoms in total. The van der Waals surface area contributed by atoms with Gasteiger partial charge in [0.05, 0.1) is 17.8 Å². The first-order valence-corrected chi connectivity index (χ1v) is 4.61. The summed E-state index contributed by atoms with van der Waals surface area (Å²) in [4.78, 5) is 9.80. The van der Waals surface area contributed by atoms with Gasteiger partial charge in [-0.25, -0.2) is 0 Å². The average Bonchev–Trinajstić information content (AvgIpc) is 2.47. The van der Waals surface area contributed by atoms with E-state index in [0.29, 0.717) is 13.1 Å². The number of aromatic nitrogens is 2. The molecule has 0 bridgehead atoms. The van der Waals surface area contributed by atoms with Crippen LogP contribution in [-0.2, 0) is 6.54 Å². The first-order chi connectivity index (χ1) is 6.65. The van der Waals surface area contributed by atoms with E-state index in [9.17, 15) is 10.1 Å². The van der Waals surface area contributed by atoms with Gasteiger partial charge in [-0.1, -0.05) is 18.5 Å². The van der Waals surface area contributed by atoms with Gasteiger partial charge in [-0.2, -0.15) is 4.68 Å². The van der Waals surface area contributed by atoms with E-state index in [1.165, 1.54) is 10.9 Å². The lowest BCUT2D eigenvalue weighted by Crippen LogP contribution is -2.19. The lowest BCUT2D eigenvalue weighted by atomic mass is 10.6. The Morgan fingerprint density at radius 2 is 2.50 bits per heavy atom. The predicted molar refractivity (Wildman–Crippen MR) is 52.4 cm³/mol. The van der Waals surface area contributed by atoms with Crippen molar-refractivity contribution in [2.45, 2.75) is 13.5 Å². The predicted octanol–water partition coefficient (Wildman–Crippen LogP) is 1.05. The molecule has 1 aromatic heterocycles. The third-order valence-electron chi connectivity index (χ3n) is 1.64. The van der Waals surface area contributed by atoms with Crippen LogP contribution >= 0.6 is 11.6 Å². The van der Waals surface area contributed by atoms with Gasteiger partial charge < -0.3 is 15.4 Å². The zero-order chi connectivity index (χ0) is 10.6. The van der Waals surface area contributed by atoms with Gasteiger partial charge in [0.25, 0.3) is 0 Å². The molecule has 0 atom stereocenters. The number of rotatable bonds is 5. The molecule has 0 aliphatic heterocycles. The van der Waals surface area contributed by atoms with Crippen molar-refractivity contribution < 1.29 is 4.92 Å². The molecule has 1 heterocycles. The molecule has 1 rings (SSSR count). The molecule has 1 N–H and O–H groups in total. The standard InChI is InChI=1S/C7H11ClN4O2/c1-2-9-3-4-11-5-6(8)7(10-11)12(13)14/h5,9H,2-4H2,1H3. The SMILES string of the molecule is CCNCCn1cc(Cl)c([N+](=O)[O-])n1. The number of nitrogens with one attached hydrogen (secondary N) is 1. The molecule has 0 saturated heterocycles. The summed E-state index contributed by atoms with van der Waals surface area (Å²) in [6.45, 7) is 4.13. The fourth-order valence-corrected chi connectivity index (χ4v) is 1.21. The third kappa shape index (κ3) is 2.68. The van der Waals surface area contributed by atoms with Crippen molar-refractivity contribution in [2.24, 2.45) is 0 Å². The Morgan fingerprint density at radius 3 is 3.00 bits per heavy atom. The van der Waals surface area contributed by atoms with Gasteiger partial charge in [0.15, 0.2) is 5.02 Å². The van der Waals surface area contributed by atoms with Crippen molar-refractivity contribution >= 4 is 17.4 Å². The van der Waals surface area contributed by atoms with E-state index >= 15 is 0 Å². The summed E-state index contributed by atoms with van der Waals surface area (Å²) in [5.41, 5.74) is 0. The van der Waals surface area contributed by atoms with E-state index in [1.807, 2.05) is 6.92 Å². The van der Waals surface area contributed by atoms with Crippen LogP contribution in [-0.4, -0.2) is 27.8 Å². The number of nitro groups is 1. The minimum absolute atomic E-state index is 0.0755. The van der Waals surface area contributed by atoms with E-state index < -0.39 is 4.92 Å². The van der Waals surface area contributed by atoms with Crippen molar-refractivity contribution in [2.75, 3.05) is 13.1 Å². The quantitative estimate of drug-likeness (QED) is 0.456. The van der Waals surface area contributed by atoms with Gasteiger partial charge in [0, 0.05) is 6.54 Å². The highest BCUT2D eigenvalue weighted by Crippen LogP contribution is 2.20. The molecule has 0 spiro atoms. The second-order valence-electron chi connectivity index (χ2n) is 2.67. The number of halogens is 1. The molecular weight excluding hydrogens is 208 g/mol.